The van der Waals surface area contributed by atoms with Crippen LogP contribution in [-0.2, 0) is 6.42 Å². The van der Waals surface area contributed by atoms with Gasteiger partial charge in [0.05, 0.1) is 0 Å². The predicted molar refractivity (Wildman–Crippen MR) is 136 cm³/mol. The lowest BCUT2D eigenvalue weighted by atomic mass is 9.81. The molecular formula is C32H32. The van der Waals surface area contributed by atoms with Crippen molar-refractivity contribution in [2.24, 2.45) is 0 Å². The fourth-order valence-corrected chi connectivity index (χ4v) is 4.47. The van der Waals surface area contributed by atoms with Crippen molar-refractivity contribution in [3.05, 3.63) is 106 Å². The SMILES string of the molecule is CCCc1ccc(C#Cc2ccc(C#Cc3ccc(C)cc3)c(C3CCCCC3)c2)cc1. The Bertz CT molecular complexity index is 1150. The van der Waals surface area contributed by atoms with E-state index >= 15 is 0 Å². The van der Waals surface area contributed by atoms with E-state index < -0.39 is 0 Å². The second-order valence-corrected chi connectivity index (χ2v) is 8.95. The quantitative estimate of drug-likeness (QED) is 0.382. The Morgan fingerprint density at radius 1 is 0.688 bits per heavy atom. The first-order valence-corrected chi connectivity index (χ1v) is 12.0. The van der Waals surface area contributed by atoms with Gasteiger partial charge in [0.15, 0.2) is 0 Å². The van der Waals surface area contributed by atoms with Crippen molar-refractivity contribution in [3.8, 4) is 23.7 Å². The van der Waals surface area contributed by atoms with Crippen LogP contribution in [0.25, 0.3) is 0 Å². The van der Waals surface area contributed by atoms with Gasteiger partial charge in [-0.15, -0.1) is 0 Å². The lowest BCUT2D eigenvalue weighted by molar-refractivity contribution is 0.443. The first-order valence-electron chi connectivity index (χ1n) is 12.0. The second kappa shape index (κ2) is 10.9. The smallest absolute Gasteiger partial charge is 0.0284 e. The van der Waals surface area contributed by atoms with E-state index in [-0.39, 0.29) is 0 Å². The number of aryl methyl sites for hydroxylation is 2. The van der Waals surface area contributed by atoms with Crippen LogP contribution in [0.2, 0.25) is 0 Å². The summed E-state index contributed by atoms with van der Waals surface area (Å²) in [6.07, 6.45) is 8.81. The third-order valence-electron chi connectivity index (χ3n) is 6.33. The van der Waals surface area contributed by atoms with E-state index in [0.717, 1.165) is 28.7 Å². The highest BCUT2D eigenvalue weighted by Crippen LogP contribution is 2.34. The lowest BCUT2D eigenvalue weighted by Gasteiger charge is -2.23. The van der Waals surface area contributed by atoms with Gasteiger partial charge in [-0.1, -0.05) is 86.1 Å². The Hall–Kier alpha value is -3.22. The molecule has 0 amide bonds. The van der Waals surface area contributed by atoms with E-state index in [1.807, 2.05) is 0 Å². The first kappa shape index (κ1) is 22.0. The summed E-state index contributed by atoms with van der Waals surface area (Å²) in [6.45, 7) is 4.32. The summed E-state index contributed by atoms with van der Waals surface area (Å²) >= 11 is 0. The third kappa shape index (κ3) is 5.93. The van der Waals surface area contributed by atoms with Gasteiger partial charge in [-0.2, -0.15) is 0 Å². The van der Waals surface area contributed by atoms with Gasteiger partial charge in [0.1, 0.15) is 0 Å². The minimum absolute atomic E-state index is 0.598. The molecule has 3 aromatic rings. The molecule has 0 aliphatic heterocycles. The lowest BCUT2D eigenvalue weighted by Crippen LogP contribution is -2.06. The number of hydrogen-bond acceptors (Lipinski definition) is 0. The van der Waals surface area contributed by atoms with Crippen molar-refractivity contribution in [3.63, 3.8) is 0 Å². The first-order chi connectivity index (χ1) is 15.7. The average Bonchev–Trinajstić information content (AvgIpc) is 2.84. The third-order valence-corrected chi connectivity index (χ3v) is 6.33. The van der Waals surface area contributed by atoms with E-state index in [1.165, 1.54) is 55.2 Å². The monoisotopic (exact) mass is 416 g/mol. The zero-order valence-corrected chi connectivity index (χ0v) is 19.4. The van der Waals surface area contributed by atoms with Crippen molar-refractivity contribution in [2.75, 3.05) is 0 Å². The van der Waals surface area contributed by atoms with Crippen molar-refractivity contribution in [1.82, 2.24) is 0 Å². The zero-order valence-electron chi connectivity index (χ0n) is 19.4. The van der Waals surface area contributed by atoms with Gasteiger partial charge in [-0.25, -0.2) is 0 Å². The molecule has 32 heavy (non-hydrogen) atoms. The molecule has 0 radical (unpaired) electrons. The van der Waals surface area contributed by atoms with Crippen LogP contribution in [0, 0.1) is 30.6 Å². The van der Waals surface area contributed by atoms with E-state index in [0.29, 0.717) is 5.92 Å². The van der Waals surface area contributed by atoms with Crippen LogP contribution < -0.4 is 0 Å². The van der Waals surface area contributed by atoms with Gasteiger partial charge in [0.2, 0.25) is 0 Å². The fourth-order valence-electron chi connectivity index (χ4n) is 4.47. The summed E-state index contributed by atoms with van der Waals surface area (Å²) in [7, 11) is 0. The minimum Gasteiger partial charge on any atom is -0.0651 e. The van der Waals surface area contributed by atoms with E-state index in [9.17, 15) is 0 Å². The molecule has 0 heterocycles. The number of hydrogen-bond donors (Lipinski definition) is 0. The summed E-state index contributed by atoms with van der Waals surface area (Å²) < 4.78 is 0. The van der Waals surface area contributed by atoms with Crippen molar-refractivity contribution < 1.29 is 0 Å². The normalized spacial score (nSPS) is 13.6. The predicted octanol–water partition coefficient (Wildman–Crippen LogP) is 7.79. The minimum atomic E-state index is 0.598. The molecule has 0 atom stereocenters. The average molecular weight is 417 g/mol. The molecule has 0 bridgehead atoms. The van der Waals surface area contributed by atoms with Crippen molar-refractivity contribution in [1.29, 1.82) is 0 Å². The molecule has 0 spiro atoms. The van der Waals surface area contributed by atoms with Gasteiger partial charge in [0.25, 0.3) is 0 Å². The van der Waals surface area contributed by atoms with Gasteiger partial charge >= 0.3 is 0 Å². The molecule has 1 aliphatic rings. The van der Waals surface area contributed by atoms with Crippen molar-refractivity contribution in [2.45, 2.75) is 64.7 Å². The molecule has 0 nitrogen and oxygen atoms in total. The topological polar surface area (TPSA) is 0 Å². The summed E-state index contributed by atoms with van der Waals surface area (Å²) in [5.74, 6) is 14.2. The summed E-state index contributed by atoms with van der Waals surface area (Å²) in [4.78, 5) is 0. The maximum atomic E-state index is 3.47. The standard InChI is InChI=1S/C32H32/c1-3-7-26-14-16-28(17-15-26)18-19-29-21-23-31(22-20-27-12-10-25(2)11-13-27)32(24-29)30-8-5-4-6-9-30/h10-17,21,23-24,30H,3-9H2,1-2H3. The van der Waals surface area contributed by atoms with Gasteiger partial charge < -0.3 is 0 Å². The maximum Gasteiger partial charge on any atom is 0.0284 e. The fraction of sp³-hybridized carbons (Fsp3) is 0.312. The summed E-state index contributed by atoms with van der Waals surface area (Å²) in [5, 5.41) is 0. The van der Waals surface area contributed by atoms with E-state index in [1.54, 1.807) is 0 Å². The maximum absolute atomic E-state index is 3.47. The van der Waals surface area contributed by atoms with Crippen LogP contribution in [0.15, 0.2) is 66.7 Å². The molecule has 160 valence electrons. The van der Waals surface area contributed by atoms with E-state index in [2.05, 4.69) is 104 Å². The Labute approximate surface area is 194 Å². The Balaban J connectivity index is 1.62. The van der Waals surface area contributed by atoms with Gasteiger partial charge in [-0.3, -0.25) is 0 Å². The second-order valence-electron chi connectivity index (χ2n) is 8.95. The Morgan fingerprint density at radius 3 is 1.97 bits per heavy atom. The van der Waals surface area contributed by atoms with Crippen LogP contribution in [0.5, 0.6) is 0 Å². The molecule has 0 aromatic heterocycles. The molecule has 1 fully saturated rings. The van der Waals surface area contributed by atoms with E-state index in [4.69, 9.17) is 0 Å². The highest BCUT2D eigenvalue weighted by molar-refractivity contribution is 5.53. The summed E-state index contributed by atoms with van der Waals surface area (Å²) in [5.41, 5.74) is 8.42. The molecule has 0 saturated heterocycles. The highest BCUT2D eigenvalue weighted by Gasteiger charge is 2.18. The number of rotatable bonds is 3. The van der Waals surface area contributed by atoms with Crippen molar-refractivity contribution >= 4 is 0 Å². The Morgan fingerprint density at radius 2 is 1.28 bits per heavy atom. The molecular weight excluding hydrogens is 384 g/mol. The molecule has 1 aliphatic carbocycles. The van der Waals surface area contributed by atoms with Gasteiger partial charge in [-0.05, 0) is 85.7 Å². The largest absolute Gasteiger partial charge is 0.0651 e. The van der Waals surface area contributed by atoms with Crippen LogP contribution in [-0.4, -0.2) is 0 Å². The molecule has 3 aromatic carbocycles. The Kier molecular flexibility index (Phi) is 7.48. The zero-order chi connectivity index (χ0) is 22.2. The van der Waals surface area contributed by atoms with Crippen LogP contribution >= 0.6 is 0 Å². The van der Waals surface area contributed by atoms with Gasteiger partial charge in [0, 0.05) is 22.3 Å². The molecule has 0 N–H and O–H groups in total. The highest BCUT2D eigenvalue weighted by atomic mass is 14.2. The molecule has 0 unspecified atom stereocenters. The molecule has 0 heteroatoms. The van der Waals surface area contributed by atoms with Crippen LogP contribution in [0.1, 0.15) is 90.3 Å². The van der Waals surface area contributed by atoms with Crippen LogP contribution in [0.3, 0.4) is 0 Å². The van der Waals surface area contributed by atoms with Crippen LogP contribution in [0.4, 0.5) is 0 Å². The summed E-state index contributed by atoms with van der Waals surface area (Å²) in [6, 6.07) is 23.7. The molecule has 1 saturated carbocycles. The number of benzene rings is 3. The molecule has 4 rings (SSSR count).